The molecule has 0 bridgehead atoms. The number of aromatic nitrogens is 5. The molecule has 0 N–H and O–H groups in total. The Morgan fingerprint density at radius 2 is 1.81 bits per heavy atom. The zero-order valence-electron chi connectivity index (χ0n) is 14.2. The van der Waals surface area contributed by atoms with E-state index in [1.54, 1.807) is 30.4 Å². The number of thioether (sulfide) groups is 1. The predicted octanol–water partition coefficient (Wildman–Crippen LogP) is 4.31. The first-order chi connectivity index (χ1) is 12.8. The second kappa shape index (κ2) is 7.53. The Labute approximate surface area is 155 Å². The first-order valence-corrected chi connectivity index (χ1v) is 9.30. The average Bonchev–Trinajstić information content (AvgIpc) is 3.34. The minimum Gasteiger partial charge on any atom is -0.440 e. The van der Waals surface area contributed by atoms with E-state index in [0.29, 0.717) is 11.6 Å². The van der Waals surface area contributed by atoms with Crippen LogP contribution in [0.5, 0.6) is 0 Å². The molecule has 0 aliphatic rings. The van der Waals surface area contributed by atoms with Crippen LogP contribution in [0.2, 0.25) is 0 Å². The van der Waals surface area contributed by atoms with Crippen LogP contribution in [0.4, 0.5) is 0 Å². The highest BCUT2D eigenvalue weighted by molar-refractivity contribution is 7.98. The van der Waals surface area contributed by atoms with Crippen LogP contribution >= 0.6 is 11.8 Å². The third-order valence-corrected chi connectivity index (χ3v) is 4.86. The summed E-state index contributed by atoms with van der Waals surface area (Å²) < 4.78 is 7.94. The minimum atomic E-state index is 0.599. The van der Waals surface area contributed by atoms with E-state index >= 15 is 0 Å². The molecule has 0 unspecified atom stereocenters. The summed E-state index contributed by atoms with van der Waals surface area (Å²) in [6.07, 6.45) is 5.28. The minimum absolute atomic E-state index is 0.599. The van der Waals surface area contributed by atoms with Gasteiger partial charge >= 0.3 is 0 Å². The van der Waals surface area contributed by atoms with E-state index in [9.17, 15) is 0 Å². The van der Waals surface area contributed by atoms with Crippen molar-refractivity contribution in [1.29, 1.82) is 0 Å². The van der Waals surface area contributed by atoms with Crippen molar-refractivity contribution < 1.29 is 4.42 Å². The molecule has 0 atom stereocenters. The van der Waals surface area contributed by atoms with Gasteiger partial charge in [0.15, 0.2) is 16.7 Å². The molecule has 4 rings (SSSR count). The molecule has 26 heavy (non-hydrogen) atoms. The molecule has 3 aromatic heterocycles. The van der Waals surface area contributed by atoms with E-state index in [2.05, 4.69) is 31.7 Å². The van der Waals surface area contributed by atoms with Crippen LogP contribution in [0.15, 0.2) is 70.6 Å². The maximum atomic E-state index is 5.86. The Hall–Kier alpha value is -2.93. The van der Waals surface area contributed by atoms with E-state index in [0.717, 1.165) is 34.4 Å². The first kappa shape index (κ1) is 16.5. The summed E-state index contributed by atoms with van der Waals surface area (Å²) in [6, 6.07) is 13.8. The summed E-state index contributed by atoms with van der Waals surface area (Å²) >= 11 is 1.57. The van der Waals surface area contributed by atoms with Crippen LogP contribution in [-0.4, -0.2) is 24.7 Å². The lowest BCUT2D eigenvalue weighted by Crippen LogP contribution is -2.00. The number of hydrogen-bond donors (Lipinski definition) is 0. The van der Waals surface area contributed by atoms with E-state index in [1.165, 1.54) is 0 Å². The maximum absolute atomic E-state index is 5.86. The van der Waals surface area contributed by atoms with Gasteiger partial charge in [0.25, 0.3) is 0 Å². The molecular formula is C19H17N5OS. The fraction of sp³-hybridized carbons (Fsp3) is 0.158. The SMILES string of the molecule is CCn1c(SCc2ncc(-c3ccccc3)o2)nnc1-c1ccncc1. The highest BCUT2D eigenvalue weighted by atomic mass is 32.2. The number of pyridine rings is 1. The second-order valence-corrected chi connectivity index (χ2v) is 6.50. The summed E-state index contributed by atoms with van der Waals surface area (Å²) in [5, 5.41) is 9.51. The molecule has 4 aromatic rings. The Bertz CT molecular complexity index is 982. The molecule has 7 heteroatoms. The standard InChI is InChI=1S/C19H17N5OS/c1-2-24-18(15-8-10-20-11-9-15)22-23-19(24)26-13-17-21-12-16(25-17)14-6-4-3-5-7-14/h3-12H,2,13H2,1H3. The topological polar surface area (TPSA) is 69.6 Å². The lowest BCUT2D eigenvalue weighted by atomic mass is 10.2. The molecule has 130 valence electrons. The smallest absolute Gasteiger partial charge is 0.205 e. The molecule has 0 aliphatic carbocycles. The lowest BCUT2D eigenvalue weighted by molar-refractivity contribution is 0.529. The van der Waals surface area contributed by atoms with Crippen molar-refractivity contribution in [3.05, 3.63) is 66.9 Å². The van der Waals surface area contributed by atoms with Gasteiger partial charge in [0, 0.05) is 30.1 Å². The fourth-order valence-electron chi connectivity index (χ4n) is 2.63. The molecule has 0 radical (unpaired) electrons. The average molecular weight is 363 g/mol. The molecule has 0 saturated heterocycles. The summed E-state index contributed by atoms with van der Waals surface area (Å²) in [5.74, 6) is 2.89. The third kappa shape index (κ3) is 3.39. The normalized spacial score (nSPS) is 11.0. The van der Waals surface area contributed by atoms with Gasteiger partial charge in [0.2, 0.25) is 5.89 Å². The largest absolute Gasteiger partial charge is 0.440 e. The van der Waals surface area contributed by atoms with E-state index < -0.39 is 0 Å². The molecule has 3 heterocycles. The predicted molar refractivity (Wildman–Crippen MR) is 100 cm³/mol. The van der Waals surface area contributed by atoms with Gasteiger partial charge in [-0.05, 0) is 19.1 Å². The Morgan fingerprint density at radius 3 is 2.58 bits per heavy atom. The van der Waals surface area contributed by atoms with Gasteiger partial charge in [-0.3, -0.25) is 4.98 Å². The molecule has 1 aromatic carbocycles. The molecular weight excluding hydrogens is 346 g/mol. The van der Waals surface area contributed by atoms with Crippen LogP contribution in [-0.2, 0) is 12.3 Å². The summed E-state index contributed by atoms with van der Waals surface area (Å²) in [6.45, 7) is 2.87. The summed E-state index contributed by atoms with van der Waals surface area (Å²) in [4.78, 5) is 8.43. The fourth-order valence-corrected chi connectivity index (χ4v) is 3.49. The van der Waals surface area contributed by atoms with Crippen LogP contribution in [0.1, 0.15) is 12.8 Å². The Kier molecular flexibility index (Phi) is 4.79. The Balaban J connectivity index is 1.50. The van der Waals surface area contributed by atoms with E-state index in [1.807, 2.05) is 42.5 Å². The van der Waals surface area contributed by atoms with Gasteiger partial charge in [-0.1, -0.05) is 42.1 Å². The molecule has 0 amide bonds. The van der Waals surface area contributed by atoms with E-state index in [4.69, 9.17) is 4.42 Å². The first-order valence-electron chi connectivity index (χ1n) is 8.31. The van der Waals surface area contributed by atoms with Gasteiger partial charge in [-0.2, -0.15) is 0 Å². The molecule has 0 aliphatic heterocycles. The molecule has 0 saturated carbocycles. The Morgan fingerprint density at radius 1 is 1.00 bits per heavy atom. The van der Waals surface area contributed by atoms with E-state index in [-0.39, 0.29) is 0 Å². The van der Waals surface area contributed by atoms with Gasteiger partial charge in [-0.25, -0.2) is 4.98 Å². The van der Waals surface area contributed by atoms with Crippen molar-refractivity contribution in [2.45, 2.75) is 24.4 Å². The van der Waals surface area contributed by atoms with Crippen LogP contribution in [0.25, 0.3) is 22.7 Å². The summed E-state index contributed by atoms with van der Waals surface area (Å²) in [7, 11) is 0. The monoisotopic (exact) mass is 363 g/mol. The second-order valence-electron chi connectivity index (χ2n) is 5.56. The number of nitrogens with zero attached hydrogens (tertiary/aromatic N) is 5. The van der Waals surface area contributed by atoms with Crippen LogP contribution < -0.4 is 0 Å². The molecule has 0 spiro atoms. The van der Waals surface area contributed by atoms with Crippen LogP contribution in [0, 0.1) is 0 Å². The highest BCUT2D eigenvalue weighted by Crippen LogP contribution is 2.27. The van der Waals surface area contributed by atoms with Gasteiger partial charge in [0.05, 0.1) is 11.9 Å². The highest BCUT2D eigenvalue weighted by Gasteiger charge is 2.14. The summed E-state index contributed by atoms with van der Waals surface area (Å²) in [5.41, 5.74) is 2.02. The zero-order valence-corrected chi connectivity index (χ0v) is 15.1. The zero-order chi connectivity index (χ0) is 17.8. The third-order valence-electron chi connectivity index (χ3n) is 3.91. The van der Waals surface area contributed by atoms with Gasteiger partial charge < -0.3 is 8.98 Å². The van der Waals surface area contributed by atoms with Gasteiger partial charge in [-0.15, -0.1) is 10.2 Å². The number of benzene rings is 1. The van der Waals surface area contributed by atoms with Crippen LogP contribution in [0.3, 0.4) is 0 Å². The van der Waals surface area contributed by atoms with Crippen molar-refractivity contribution in [3.63, 3.8) is 0 Å². The number of hydrogen-bond acceptors (Lipinski definition) is 6. The van der Waals surface area contributed by atoms with Crippen molar-refractivity contribution >= 4 is 11.8 Å². The van der Waals surface area contributed by atoms with Gasteiger partial charge in [0.1, 0.15) is 0 Å². The quantitative estimate of drug-likeness (QED) is 0.476. The van der Waals surface area contributed by atoms with Crippen molar-refractivity contribution in [3.8, 4) is 22.7 Å². The van der Waals surface area contributed by atoms with Crippen molar-refractivity contribution in [2.75, 3.05) is 0 Å². The van der Waals surface area contributed by atoms with Crippen molar-refractivity contribution in [1.82, 2.24) is 24.7 Å². The lowest BCUT2D eigenvalue weighted by Gasteiger charge is -2.06. The number of oxazole rings is 1. The molecule has 6 nitrogen and oxygen atoms in total. The number of rotatable bonds is 6. The van der Waals surface area contributed by atoms with Crippen molar-refractivity contribution in [2.24, 2.45) is 0 Å². The maximum Gasteiger partial charge on any atom is 0.205 e. The molecule has 0 fully saturated rings.